The maximum atomic E-state index is 14.0. The van der Waals surface area contributed by atoms with Crippen molar-refractivity contribution in [2.75, 3.05) is 26.1 Å². The maximum Gasteiger partial charge on any atom is 0.271 e. The lowest BCUT2D eigenvalue weighted by atomic mass is 9.95. The van der Waals surface area contributed by atoms with E-state index < -0.39 is 6.04 Å². The highest BCUT2D eigenvalue weighted by molar-refractivity contribution is 9.10. The molecule has 1 amide bonds. The third kappa shape index (κ3) is 5.71. The van der Waals surface area contributed by atoms with Crippen LogP contribution in [0.25, 0.3) is 6.08 Å². The van der Waals surface area contributed by atoms with Crippen molar-refractivity contribution in [2.45, 2.75) is 19.9 Å². The second-order valence-electron chi connectivity index (χ2n) is 9.15. The van der Waals surface area contributed by atoms with E-state index in [1.165, 1.54) is 11.3 Å². The largest absolute Gasteiger partial charge is 0.497 e. The molecule has 10 heteroatoms. The van der Waals surface area contributed by atoms with E-state index in [1.54, 1.807) is 31.8 Å². The molecule has 210 valence electrons. The standard InChI is InChI=1S/C31H28BrN3O5S/c1-5-40-24-15-19(14-23(32)28(24)39-4)16-25-30(37)35-27(20-10-9-13-22(17-20)38-3)26(18(2)33-31(35)41-25)29(36)34-21-11-7-6-8-12-21/h6-17,27H,5H2,1-4H3,(H,34,36)/b25-16-/t27-/m1/s1. The van der Waals surface area contributed by atoms with Gasteiger partial charge >= 0.3 is 0 Å². The summed E-state index contributed by atoms with van der Waals surface area (Å²) in [6.45, 7) is 4.14. The number of anilines is 1. The molecule has 0 fully saturated rings. The van der Waals surface area contributed by atoms with Crippen molar-refractivity contribution in [2.24, 2.45) is 4.99 Å². The van der Waals surface area contributed by atoms with Crippen LogP contribution >= 0.6 is 27.3 Å². The number of aromatic nitrogens is 1. The minimum Gasteiger partial charge on any atom is -0.497 e. The molecule has 0 radical (unpaired) electrons. The SMILES string of the molecule is CCOc1cc(/C=c2\sc3n(c2=O)[C@H](c2cccc(OC)c2)C(C(=O)Nc2ccccc2)=C(C)N=3)cc(Br)c1OC. The van der Waals surface area contributed by atoms with Crippen molar-refractivity contribution in [1.29, 1.82) is 0 Å². The molecule has 1 aliphatic heterocycles. The van der Waals surface area contributed by atoms with Gasteiger partial charge in [-0.1, -0.05) is 41.7 Å². The Bertz CT molecular complexity index is 1830. The Morgan fingerprint density at radius 1 is 1.10 bits per heavy atom. The number of hydrogen-bond donors (Lipinski definition) is 1. The number of thiazole rings is 1. The van der Waals surface area contributed by atoms with Crippen LogP contribution in [0.1, 0.15) is 31.0 Å². The Labute approximate surface area is 249 Å². The number of rotatable bonds is 8. The molecule has 4 aromatic rings. The zero-order chi connectivity index (χ0) is 29.1. The zero-order valence-corrected chi connectivity index (χ0v) is 25.3. The summed E-state index contributed by atoms with van der Waals surface area (Å²) >= 11 is 4.81. The number of halogens is 1. The van der Waals surface area contributed by atoms with E-state index in [-0.39, 0.29) is 11.5 Å². The number of nitrogens with one attached hydrogen (secondary N) is 1. The Hall–Kier alpha value is -4.15. The summed E-state index contributed by atoms with van der Waals surface area (Å²) in [6, 6.07) is 19.6. The van der Waals surface area contributed by atoms with Crippen molar-refractivity contribution in [1.82, 2.24) is 4.57 Å². The topological polar surface area (TPSA) is 91.2 Å². The molecule has 0 unspecified atom stereocenters. The molecule has 0 spiro atoms. The van der Waals surface area contributed by atoms with E-state index in [4.69, 9.17) is 19.2 Å². The first-order valence-electron chi connectivity index (χ1n) is 12.9. The Kier molecular flexibility index (Phi) is 8.41. The molecule has 5 rings (SSSR count). The first kappa shape index (κ1) is 28.4. The van der Waals surface area contributed by atoms with Crippen LogP contribution in [-0.2, 0) is 4.79 Å². The number of carbonyl (C=O) groups is 1. The number of para-hydroxylation sites is 1. The number of amides is 1. The van der Waals surface area contributed by atoms with Crippen LogP contribution in [-0.4, -0.2) is 31.3 Å². The number of fused-ring (bicyclic) bond motifs is 1. The summed E-state index contributed by atoms with van der Waals surface area (Å²) < 4.78 is 19.5. The fourth-order valence-corrected chi connectivity index (χ4v) is 6.41. The summed E-state index contributed by atoms with van der Waals surface area (Å²) in [7, 11) is 3.16. The van der Waals surface area contributed by atoms with Gasteiger partial charge in [-0.25, -0.2) is 4.99 Å². The van der Waals surface area contributed by atoms with Gasteiger partial charge in [0.1, 0.15) is 5.75 Å². The number of methoxy groups -OCH3 is 2. The van der Waals surface area contributed by atoms with Gasteiger partial charge in [0.15, 0.2) is 16.3 Å². The molecule has 3 aromatic carbocycles. The second-order valence-corrected chi connectivity index (χ2v) is 11.0. The molecular formula is C31H28BrN3O5S. The number of carbonyl (C=O) groups excluding carboxylic acids is 1. The van der Waals surface area contributed by atoms with Crippen LogP contribution in [0.15, 0.2) is 92.3 Å². The second kappa shape index (κ2) is 12.2. The highest BCUT2D eigenvalue weighted by Crippen LogP contribution is 2.37. The number of ether oxygens (including phenoxy) is 3. The van der Waals surface area contributed by atoms with E-state index in [2.05, 4.69) is 21.2 Å². The fraction of sp³-hybridized carbons (Fsp3) is 0.194. The predicted octanol–water partition coefficient (Wildman–Crippen LogP) is 5.05. The molecular weight excluding hydrogens is 606 g/mol. The number of benzene rings is 3. The van der Waals surface area contributed by atoms with E-state index in [9.17, 15) is 9.59 Å². The third-order valence-corrected chi connectivity index (χ3v) is 8.11. The van der Waals surface area contributed by atoms with Gasteiger partial charge in [-0.3, -0.25) is 14.2 Å². The molecule has 2 heterocycles. The molecule has 0 saturated heterocycles. The molecule has 41 heavy (non-hydrogen) atoms. The van der Waals surface area contributed by atoms with Gasteiger partial charge in [-0.05, 0) is 83.4 Å². The van der Waals surface area contributed by atoms with E-state index in [0.717, 1.165) is 11.1 Å². The molecule has 0 saturated carbocycles. The average Bonchev–Trinajstić information content (AvgIpc) is 3.26. The Morgan fingerprint density at radius 3 is 2.59 bits per heavy atom. The van der Waals surface area contributed by atoms with Crippen molar-refractivity contribution < 1.29 is 19.0 Å². The van der Waals surface area contributed by atoms with Crippen molar-refractivity contribution in [3.63, 3.8) is 0 Å². The minimum atomic E-state index is -0.714. The van der Waals surface area contributed by atoms with Crippen molar-refractivity contribution in [3.8, 4) is 17.2 Å². The molecule has 1 N–H and O–H groups in total. The molecule has 8 nitrogen and oxygen atoms in total. The van der Waals surface area contributed by atoms with E-state index in [1.807, 2.05) is 73.7 Å². The van der Waals surface area contributed by atoms with Crippen LogP contribution in [0.3, 0.4) is 0 Å². The molecule has 0 bridgehead atoms. The summed E-state index contributed by atoms with van der Waals surface area (Å²) in [6.07, 6.45) is 1.79. The van der Waals surface area contributed by atoms with Gasteiger partial charge in [-0.2, -0.15) is 0 Å². The van der Waals surface area contributed by atoms with Crippen LogP contribution < -0.4 is 34.4 Å². The fourth-order valence-electron chi connectivity index (χ4n) is 4.74. The van der Waals surface area contributed by atoms with Gasteiger partial charge in [0.2, 0.25) is 0 Å². The van der Waals surface area contributed by atoms with Crippen molar-refractivity contribution in [3.05, 3.63) is 113 Å². The van der Waals surface area contributed by atoms with Gasteiger partial charge in [0.05, 0.1) is 47.1 Å². The summed E-state index contributed by atoms with van der Waals surface area (Å²) in [5.41, 5.74) is 2.79. The van der Waals surface area contributed by atoms with E-state index >= 15 is 0 Å². The normalized spacial score (nSPS) is 14.8. The highest BCUT2D eigenvalue weighted by Gasteiger charge is 2.32. The van der Waals surface area contributed by atoms with Gasteiger partial charge in [0.25, 0.3) is 11.5 Å². The van der Waals surface area contributed by atoms with E-state index in [0.29, 0.717) is 54.6 Å². The van der Waals surface area contributed by atoms with Crippen molar-refractivity contribution >= 4 is 44.9 Å². The third-order valence-electron chi connectivity index (χ3n) is 6.54. The average molecular weight is 635 g/mol. The Morgan fingerprint density at radius 2 is 1.88 bits per heavy atom. The molecule has 0 aliphatic carbocycles. The molecule has 1 atom stereocenters. The smallest absolute Gasteiger partial charge is 0.271 e. The van der Waals surface area contributed by atoms with Gasteiger partial charge in [-0.15, -0.1) is 0 Å². The molecule has 1 aromatic heterocycles. The van der Waals surface area contributed by atoms with Crippen LogP contribution in [0.5, 0.6) is 17.2 Å². The first-order chi connectivity index (χ1) is 19.8. The lowest BCUT2D eigenvalue weighted by Crippen LogP contribution is -2.40. The lowest BCUT2D eigenvalue weighted by molar-refractivity contribution is -0.113. The maximum absolute atomic E-state index is 14.0. The minimum absolute atomic E-state index is 0.260. The summed E-state index contributed by atoms with van der Waals surface area (Å²) in [5.74, 6) is 1.43. The van der Waals surface area contributed by atoms with Crippen LogP contribution in [0.4, 0.5) is 5.69 Å². The summed E-state index contributed by atoms with van der Waals surface area (Å²) in [5, 5.41) is 2.96. The van der Waals surface area contributed by atoms with Crippen LogP contribution in [0, 0.1) is 0 Å². The van der Waals surface area contributed by atoms with Gasteiger partial charge < -0.3 is 19.5 Å². The van der Waals surface area contributed by atoms with Gasteiger partial charge in [0, 0.05) is 5.69 Å². The lowest BCUT2D eigenvalue weighted by Gasteiger charge is -2.25. The predicted molar refractivity (Wildman–Crippen MR) is 164 cm³/mol. The monoisotopic (exact) mass is 633 g/mol. The quantitative estimate of drug-likeness (QED) is 0.293. The molecule has 1 aliphatic rings. The summed E-state index contributed by atoms with van der Waals surface area (Å²) in [4.78, 5) is 33.0. The number of hydrogen-bond acceptors (Lipinski definition) is 7. The number of nitrogens with zero attached hydrogens (tertiary/aromatic N) is 2. The van der Waals surface area contributed by atoms with Crippen LogP contribution in [0.2, 0.25) is 0 Å². The zero-order valence-electron chi connectivity index (χ0n) is 22.9. The number of allylic oxidation sites excluding steroid dienone is 1. The first-order valence-corrected chi connectivity index (χ1v) is 14.5. The highest BCUT2D eigenvalue weighted by atomic mass is 79.9. The Balaban J connectivity index is 1.68.